The number of hydrogen-bond donors (Lipinski definition) is 0. The van der Waals surface area contributed by atoms with E-state index in [0.717, 1.165) is 10.5 Å². The lowest BCUT2D eigenvalue weighted by Gasteiger charge is -2.32. The normalized spacial score (nSPS) is 18.5. The van der Waals surface area contributed by atoms with Crippen LogP contribution in [0.15, 0.2) is 52.5 Å². The zero-order valence-corrected chi connectivity index (χ0v) is 16.9. The lowest BCUT2D eigenvalue weighted by Crippen LogP contribution is -2.52. The Bertz CT molecular complexity index is 1130. The monoisotopic (exact) mass is 441 g/mol. The predicted octanol–water partition coefficient (Wildman–Crippen LogP) is -0.214. The minimum Gasteiger partial charge on any atom is -0.618 e. The van der Waals surface area contributed by atoms with E-state index in [1.807, 2.05) is 0 Å². The Hall–Kier alpha value is -2.41. The van der Waals surface area contributed by atoms with Crippen molar-refractivity contribution in [1.29, 1.82) is 0 Å². The van der Waals surface area contributed by atoms with Gasteiger partial charge >= 0.3 is 15.0 Å². The topological polar surface area (TPSA) is 120 Å². The number of aromatic nitrogens is 1. The highest BCUT2D eigenvalue weighted by atomic mass is 32.2. The summed E-state index contributed by atoms with van der Waals surface area (Å²) in [5.41, 5.74) is 0. The summed E-state index contributed by atoms with van der Waals surface area (Å²) >= 11 is 0. The molecule has 1 aromatic heterocycles. The molecule has 3 heterocycles. The van der Waals surface area contributed by atoms with Crippen molar-refractivity contribution < 1.29 is 31.0 Å². The van der Waals surface area contributed by atoms with Crippen molar-refractivity contribution in [1.82, 2.24) is 8.61 Å². The number of nitrogens with zero attached hydrogens (tertiary/aromatic N) is 3. The summed E-state index contributed by atoms with van der Waals surface area (Å²) in [4.78, 5) is 0.0542. The van der Waals surface area contributed by atoms with Gasteiger partial charge in [-0.2, -0.15) is 13.3 Å². The van der Waals surface area contributed by atoms with Crippen molar-refractivity contribution >= 4 is 20.0 Å². The number of rotatable bonds is 4. The van der Waals surface area contributed by atoms with Crippen LogP contribution in [0.1, 0.15) is 0 Å². The van der Waals surface area contributed by atoms with Crippen LogP contribution < -0.4 is 14.2 Å². The Labute approximate surface area is 168 Å². The van der Waals surface area contributed by atoms with Gasteiger partial charge in [0.15, 0.2) is 17.7 Å². The van der Waals surface area contributed by atoms with E-state index in [2.05, 4.69) is 0 Å². The van der Waals surface area contributed by atoms with Crippen LogP contribution in [-0.4, -0.2) is 64.8 Å². The number of fused-ring (bicyclic) bond motifs is 1. The summed E-state index contributed by atoms with van der Waals surface area (Å²) in [7, 11) is -7.84. The molecule has 1 aromatic carbocycles. The molecule has 0 spiro atoms. The van der Waals surface area contributed by atoms with Crippen LogP contribution in [-0.2, 0) is 20.0 Å². The molecule has 0 radical (unpaired) electrons. The van der Waals surface area contributed by atoms with Gasteiger partial charge in [0.25, 0.3) is 0 Å². The quantitative estimate of drug-likeness (QED) is 0.475. The SMILES string of the molecule is O=S(=O)(c1ccc2c(c1)OCCO2)N1CCN(S(=O)(=O)c2cccc[n+]2[O-])CC1. The van der Waals surface area contributed by atoms with Gasteiger partial charge in [-0.05, 0) is 18.2 Å². The van der Waals surface area contributed by atoms with Gasteiger partial charge in [0.2, 0.25) is 10.0 Å². The van der Waals surface area contributed by atoms with E-state index in [4.69, 9.17) is 9.47 Å². The van der Waals surface area contributed by atoms with Crippen LogP contribution in [0.5, 0.6) is 11.5 Å². The first-order chi connectivity index (χ1) is 13.8. The third-order valence-corrected chi connectivity index (χ3v) is 8.53. The molecule has 156 valence electrons. The number of pyridine rings is 1. The fourth-order valence-corrected chi connectivity index (χ4v) is 6.11. The number of ether oxygens (including phenoxy) is 2. The van der Waals surface area contributed by atoms with E-state index < -0.39 is 20.0 Å². The molecule has 2 aliphatic heterocycles. The van der Waals surface area contributed by atoms with E-state index in [0.29, 0.717) is 24.7 Å². The van der Waals surface area contributed by atoms with Crippen LogP contribution in [0.4, 0.5) is 0 Å². The van der Waals surface area contributed by atoms with Crippen molar-refractivity contribution in [3.8, 4) is 11.5 Å². The van der Waals surface area contributed by atoms with Crippen molar-refractivity contribution in [3.05, 3.63) is 47.8 Å². The Morgan fingerprint density at radius 2 is 1.45 bits per heavy atom. The molecule has 12 heteroatoms. The lowest BCUT2D eigenvalue weighted by molar-refractivity contribution is -0.646. The van der Waals surface area contributed by atoms with Crippen LogP contribution in [0.25, 0.3) is 0 Å². The molecule has 10 nitrogen and oxygen atoms in total. The molecule has 0 bridgehead atoms. The average Bonchev–Trinajstić information content (AvgIpc) is 2.73. The zero-order valence-electron chi connectivity index (χ0n) is 15.3. The van der Waals surface area contributed by atoms with Gasteiger partial charge in [-0.15, -0.1) is 0 Å². The number of hydrogen-bond acceptors (Lipinski definition) is 7. The average molecular weight is 441 g/mol. The summed E-state index contributed by atoms with van der Waals surface area (Å²) in [5, 5.41) is 11.4. The van der Waals surface area contributed by atoms with Gasteiger partial charge < -0.3 is 14.7 Å². The van der Waals surface area contributed by atoms with Gasteiger partial charge in [-0.25, -0.2) is 16.8 Å². The maximum Gasteiger partial charge on any atom is 0.323 e. The molecule has 2 aromatic rings. The summed E-state index contributed by atoms with van der Waals surface area (Å²) in [5.74, 6) is 0.850. The predicted molar refractivity (Wildman–Crippen MR) is 100 cm³/mol. The second-order valence-corrected chi connectivity index (χ2v) is 10.3. The van der Waals surface area contributed by atoms with Gasteiger partial charge in [0, 0.05) is 44.4 Å². The van der Waals surface area contributed by atoms with E-state index in [1.165, 1.54) is 34.6 Å². The molecule has 0 unspecified atom stereocenters. The molecule has 0 saturated carbocycles. The molecule has 2 aliphatic rings. The fraction of sp³-hybridized carbons (Fsp3) is 0.353. The molecule has 29 heavy (non-hydrogen) atoms. The summed E-state index contributed by atoms with van der Waals surface area (Å²) < 4.78 is 64.8. The maximum atomic E-state index is 13.0. The molecular weight excluding hydrogens is 422 g/mol. The highest BCUT2D eigenvalue weighted by Gasteiger charge is 2.37. The molecule has 1 fully saturated rings. The molecule has 0 atom stereocenters. The molecule has 4 rings (SSSR count). The fourth-order valence-electron chi connectivity index (χ4n) is 3.23. The highest BCUT2D eigenvalue weighted by Crippen LogP contribution is 2.33. The number of benzene rings is 1. The molecule has 0 amide bonds. The van der Waals surface area contributed by atoms with Crippen LogP contribution >= 0.6 is 0 Å². The van der Waals surface area contributed by atoms with Crippen molar-refractivity contribution in [3.63, 3.8) is 0 Å². The summed E-state index contributed by atoms with van der Waals surface area (Å²) in [6.07, 6.45) is 1.11. The van der Waals surface area contributed by atoms with Gasteiger partial charge in [0.05, 0.1) is 4.90 Å². The standard InChI is InChI=1S/C17H19N3O7S2/c21-20-6-2-1-3-17(20)29(24,25)19-9-7-18(8-10-19)28(22,23)14-4-5-15-16(13-14)27-12-11-26-15/h1-6,13H,7-12H2. The van der Waals surface area contributed by atoms with Crippen LogP contribution in [0.2, 0.25) is 0 Å². The highest BCUT2D eigenvalue weighted by molar-refractivity contribution is 7.89. The Balaban J connectivity index is 1.51. The maximum absolute atomic E-state index is 13.0. The van der Waals surface area contributed by atoms with E-state index in [1.54, 1.807) is 6.07 Å². The second kappa shape index (κ2) is 7.44. The van der Waals surface area contributed by atoms with Crippen molar-refractivity contribution in [2.75, 3.05) is 39.4 Å². The van der Waals surface area contributed by atoms with E-state index in [9.17, 15) is 22.0 Å². The third-order valence-electron chi connectivity index (χ3n) is 4.74. The Kier molecular flexibility index (Phi) is 5.11. The largest absolute Gasteiger partial charge is 0.618 e. The smallest absolute Gasteiger partial charge is 0.323 e. The minimum absolute atomic E-state index is 0.0261. The Morgan fingerprint density at radius 1 is 0.828 bits per heavy atom. The minimum atomic E-state index is -4.01. The first-order valence-electron chi connectivity index (χ1n) is 8.88. The van der Waals surface area contributed by atoms with Crippen LogP contribution in [0.3, 0.4) is 0 Å². The molecular formula is C17H19N3O7S2. The summed E-state index contributed by atoms with van der Waals surface area (Å²) in [6.45, 7) is 0.581. The van der Waals surface area contributed by atoms with E-state index in [-0.39, 0.29) is 40.8 Å². The lowest BCUT2D eigenvalue weighted by atomic mass is 10.3. The van der Waals surface area contributed by atoms with Crippen LogP contribution in [0, 0.1) is 5.21 Å². The first-order valence-corrected chi connectivity index (χ1v) is 11.8. The zero-order chi connectivity index (χ0) is 20.6. The molecule has 0 aliphatic carbocycles. The number of piperazine rings is 1. The second-order valence-electron chi connectivity index (χ2n) is 6.48. The molecule has 0 N–H and O–H groups in total. The van der Waals surface area contributed by atoms with Crippen molar-refractivity contribution in [2.24, 2.45) is 0 Å². The van der Waals surface area contributed by atoms with E-state index >= 15 is 0 Å². The molecule has 1 saturated heterocycles. The first kappa shape index (κ1) is 19.9. The van der Waals surface area contributed by atoms with Gasteiger partial charge in [-0.3, -0.25) is 0 Å². The number of sulfonamides is 2. The van der Waals surface area contributed by atoms with Crippen molar-refractivity contribution in [2.45, 2.75) is 9.92 Å². The van der Waals surface area contributed by atoms with Gasteiger partial charge in [-0.1, -0.05) is 0 Å². The third kappa shape index (κ3) is 3.64. The Morgan fingerprint density at radius 3 is 2.10 bits per heavy atom. The summed E-state index contributed by atoms with van der Waals surface area (Å²) in [6, 6.07) is 8.52. The van der Waals surface area contributed by atoms with Gasteiger partial charge in [0.1, 0.15) is 13.2 Å².